The van der Waals surface area contributed by atoms with Crippen molar-refractivity contribution in [2.45, 2.75) is 39.8 Å². The number of ether oxygens (including phenoxy) is 2. The van der Waals surface area contributed by atoms with Crippen LogP contribution in [-0.4, -0.2) is 42.1 Å². The molecule has 3 rings (SSSR count). The first-order valence-corrected chi connectivity index (χ1v) is 9.82. The fourth-order valence-corrected chi connectivity index (χ4v) is 3.70. The van der Waals surface area contributed by atoms with Gasteiger partial charge in [0.1, 0.15) is 0 Å². The summed E-state index contributed by atoms with van der Waals surface area (Å²) in [5.41, 5.74) is 3.03. The van der Waals surface area contributed by atoms with E-state index in [1.54, 1.807) is 14.2 Å². The summed E-state index contributed by atoms with van der Waals surface area (Å²) in [5.74, 6) is 1.29. The first-order valence-electron chi connectivity index (χ1n) is 9.82. The van der Waals surface area contributed by atoms with Gasteiger partial charge in [-0.15, -0.1) is 0 Å². The number of benzene rings is 2. The molecule has 0 aliphatic carbocycles. The van der Waals surface area contributed by atoms with Gasteiger partial charge in [-0.2, -0.15) is 0 Å². The highest BCUT2D eigenvalue weighted by atomic mass is 16.5. The first-order chi connectivity index (χ1) is 13.9. The third-order valence-electron chi connectivity index (χ3n) is 4.97. The van der Waals surface area contributed by atoms with E-state index in [4.69, 9.17) is 14.5 Å². The van der Waals surface area contributed by atoms with Crippen molar-refractivity contribution in [2.75, 3.05) is 14.2 Å². The number of methoxy groups -OCH3 is 2. The van der Waals surface area contributed by atoms with Crippen LogP contribution in [0.3, 0.4) is 0 Å². The van der Waals surface area contributed by atoms with E-state index in [0.717, 1.165) is 22.2 Å². The van der Waals surface area contributed by atoms with E-state index >= 15 is 0 Å². The van der Waals surface area contributed by atoms with Crippen LogP contribution >= 0.6 is 0 Å². The highest BCUT2D eigenvalue weighted by molar-refractivity contribution is 6.07. The van der Waals surface area contributed by atoms with Gasteiger partial charge in [-0.05, 0) is 58.0 Å². The average Bonchev–Trinajstić information content (AvgIpc) is 2.71. The summed E-state index contributed by atoms with van der Waals surface area (Å²) >= 11 is 0. The molecule has 1 heterocycles. The van der Waals surface area contributed by atoms with E-state index < -0.39 is 0 Å². The number of pyridine rings is 1. The number of nitrogens with zero attached hydrogens (tertiary/aromatic N) is 2. The van der Waals surface area contributed by atoms with Gasteiger partial charge in [-0.25, -0.2) is 4.98 Å². The van der Waals surface area contributed by atoms with Crippen LogP contribution in [0.5, 0.6) is 11.5 Å². The molecule has 2 aromatic carbocycles. The maximum Gasteiger partial charge on any atom is 0.255 e. The Morgan fingerprint density at radius 2 is 1.55 bits per heavy atom. The fraction of sp³-hybridized carbons (Fsp3) is 0.333. The van der Waals surface area contributed by atoms with Gasteiger partial charge in [0.15, 0.2) is 11.5 Å². The van der Waals surface area contributed by atoms with Crippen LogP contribution in [-0.2, 0) is 0 Å². The normalized spacial score (nSPS) is 11.2. The number of rotatable bonds is 6. The van der Waals surface area contributed by atoms with Crippen molar-refractivity contribution in [3.8, 4) is 22.8 Å². The molecule has 3 aromatic rings. The van der Waals surface area contributed by atoms with Crippen LogP contribution in [0.2, 0.25) is 0 Å². The Labute approximate surface area is 172 Å². The van der Waals surface area contributed by atoms with Crippen molar-refractivity contribution in [3.05, 3.63) is 54.1 Å². The summed E-state index contributed by atoms with van der Waals surface area (Å²) in [6, 6.07) is 15.5. The van der Waals surface area contributed by atoms with Gasteiger partial charge in [0, 0.05) is 23.0 Å². The maximum absolute atomic E-state index is 13.5. The summed E-state index contributed by atoms with van der Waals surface area (Å²) < 4.78 is 10.8. The molecule has 1 amide bonds. The van der Waals surface area contributed by atoms with E-state index in [-0.39, 0.29) is 18.0 Å². The van der Waals surface area contributed by atoms with Crippen molar-refractivity contribution in [3.63, 3.8) is 0 Å². The van der Waals surface area contributed by atoms with E-state index in [1.807, 2.05) is 81.1 Å². The van der Waals surface area contributed by atoms with Crippen molar-refractivity contribution in [1.29, 1.82) is 0 Å². The Bertz CT molecular complexity index is 1020. The average molecular weight is 392 g/mol. The molecule has 0 N–H and O–H groups in total. The second-order valence-corrected chi connectivity index (χ2v) is 7.54. The van der Waals surface area contributed by atoms with Crippen LogP contribution in [0, 0.1) is 0 Å². The van der Waals surface area contributed by atoms with Gasteiger partial charge in [-0.3, -0.25) is 4.79 Å². The lowest BCUT2D eigenvalue weighted by atomic mass is 10.0. The summed E-state index contributed by atoms with van der Waals surface area (Å²) in [6.45, 7) is 8.15. The second-order valence-electron chi connectivity index (χ2n) is 7.54. The third-order valence-corrected chi connectivity index (χ3v) is 4.97. The molecular weight excluding hydrogens is 364 g/mol. The van der Waals surface area contributed by atoms with Gasteiger partial charge < -0.3 is 14.4 Å². The molecule has 0 aliphatic heterocycles. The van der Waals surface area contributed by atoms with Crippen LogP contribution < -0.4 is 9.47 Å². The summed E-state index contributed by atoms with van der Waals surface area (Å²) in [6.07, 6.45) is 0. The zero-order valence-corrected chi connectivity index (χ0v) is 17.9. The number of amides is 1. The molecule has 0 unspecified atom stereocenters. The van der Waals surface area contributed by atoms with Gasteiger partial charge >= 0.3 is 0 Å². The number of hydrogen-bond acceptors (Lipinski definition) is 4. The zero-order chi connectivity index (χ0) is 21.1. The first kappa shape index (κ1) is 20.6. The molecule has 29 heavy (non-hydrogen) atoms. The molecule has 0 aliphatic rings. The minimum Gasteiger partial charge on any atom is -0.493 e. The van der Waals surface area contributed by atoms with Crippen LogP contribution in [0.25, 0.3) is 22.2 Å². The lowest BCUT2D eigenvalue weighted by molar-refractivity contribution is 0.0646. The molecule has 0 bridgehead atoms. The molecule has 0 atom stereocenters. The highest BCUT2D eigenvalue weighted by Gasteiger charge is 2.24. The number of fused-ring (bicyclic) bond motifs is 1. The van der Waals surface area contributed by atoms with Gasteiger partial charge in [0.05, 0.1) is 31.0 Å². The smallest absolute Gasteiger partial charge is 0.255 e. The number of aromatic nitrogens is 1. The van der Waals surface area contributed by atoms with E-state index in [9.17, 15) is 4.79 Å². The summed E-state index contributed by atoms with van der Waals surface area (Å²) in [7, 11) is 3.21. The Balaban J connectivity index is 2.20. The van der Waals surface area contributed by atoms with Gasteiger partial charge in [0.2, 0.25) is 0 Å². The summed E-state index contributed by atoms with van der Waals surface area (Å²) in [5, 5.41) is 0.855. The summed E-state index contributed by atoms with van der Waals surface area (Å²) in [4.78, 5) is 20.2. The van der Waals surface area contributed by atoms with Crippen molar-refractivity contribution >= 4 is 16.8 Å². The quantitative estimate of drug-likeness (QED) is 0.580. The van der Waals surface area contributed by atoms with Crippen LogP contribution in [0.4, 0.5) is 0 Å². The largest absolute Gasteiger partial charge is 0.493 e. The topological polar surface area (TPSA) is 51.7 Å². The maximum atomic E-state index is 13.5. The number of carbonyl (C=O) groups excluding carboxylic acids is 1. The second kappa shape index (κ2) is 8.52. The Morgan fingerprint density at radius 3 is 2.17 bits per heavy atom. The molecule has 5 nitrogen and oxygen atoms in total. The monoisotopic (exact) mass is 392 g/mol. The molecule has 1 aromatic heterocycles. The lowest BCUT2D eigenvalue weighted by Gasteiger charge is -2.31. The predicted molar refractivity (Wildman–Crippen MR) is 117 cm³/mol. The SMILES string of the molecule is COc1ccc(-c2cc(C(=O)N(C(C)C)C(C)C)c3ccccc3n2)cc1OC. The Morgan fingerprint density at radius 1 is 0.897 bits per heavy atom. The highest BCUT2D eigenvalue weighted by Crippen LogP contribution is 2.33. The van der Waals surface area contributed by atoms with E-state index in [1.165, 1.54) is 0 Å². The molecule has 0 saturated heterocycles. The molecule has 152 valence electrons. The fourth-order valence-electron chi connectivity index (χ4n) is 3.70. The molecular formula is C24H28N2O3. The molecule has 0 spiro atoms. The number of carbonyl (C=O) groups is 1. The number of para-hydroxylation sites is 1. The Hall–Kier alpha value is -3.08. The third kappa shape index (κ3) is 4.04. The van der Waals surface area contributed by atoms with Crippen molar-refractivity contribution < 1.29 is 14.3 Å². The molecule has 0 radical (unpaired) electrons. The minimum absolute atomic E-state index is 0.00956. The molecule has 0 fully saturated rings. The predicted octanol–water partition coefficient (Wildman–Crippen LogP) is 5.18. The lowest BCUT2D eigenvalue weighted by Crippen LogP contribution is -2.42. The van der Waals surface area contributed by atoms with Gasteiger partial charge in [-0.1, -0.05) is 18.2 Å². The minimum atomic E-state index is 0.00956. The van der Waals surface area contributed by atoms with Crippen molar-refractivity contribution in [2.24, 2.45) is 0 Å². The van der Waals surface area contributed by atoms with Crippen LogP contribution in [0.15, 0.2) is 48.5 Å². The zero-order valence-electron chi connectivity index (χ0n) is 17.9. The van der Waals surface area contributed by atoms with Gasteiger partial charge in [0.25, 0.3) is 5.91 Å². The molecule has 5 heteroatoms. The Kier molecular flexibility index (Phi) is 6.06. The van der Waals surface area contributed by atoms with E-state index in [0.29, 0.717) is 17.1 Å². The standard InChI is InChI=1S/C24H28N2O3/c1-15(2)26(16(3)4)24(27)19-14-21(25-20-10-8-7-9-18(19)20)17-11-12-22(28-5)23(13-17)29-6/h7-16H,1-6H3. The van der Waals surface area contributed by atoms with Crippen LogP contribution in [0.1, 0.15) is 38.1 Å². The number of hydrogen-bond donors (Lipinski definition) is 0. The molecule has 0 saturated carbocycles. The van der Waals surface area contributed by atoms with E-state index in [2.05, 4.69) is 0 Å². The van der Waals surface area contributed by atoms with Crippen molar-refractivity contribution in [1.82, 2.24) is 9.88 Å².